The van der Waals surface area contributed by atoms with E-state index in [4.69, 9.17) is 5.73 Å². The first-order chi connectivity index (χ1) is 6.61. The molecule has 0 fully saturated rings. The highest BCUT2D eigenvalue weighted by Gasteiger charge is 2.12. The third kappa shape index (κ3) is 1.87. The fraction of sp³-hybridized carbons (Fsp3) is 0.545. The van der Waals surface area contributed by atoms with Crippen molar-refractivity contribution >= 4 is 5.57 Å². The van der Waals surface area contributed by atoms with Gasteiger partial charge in [0.25, 0.3) is 0 Å². The lowest BCUT2D eigenvalue weighted by Crippen LogP contribution is -2.01. The normalized spacial score (nSPS) is 10.6. The van der Waals surface area contributed by atoms with Crippen LogP contribution >= 0.6 is 0 Å². The van der Waals surface area contributed by atoms with E-state index in [0.29, 0.717) is 6.54 Å². The molecular weight excluding hydrogens is 174 g/mol. The van der Waals surface area contributed by atoms with Gasteiger partial charge in [0.15, 0.2) is 0 Å². The van der Waals surface area contributed by atoms with E-state index in [1.807, 2.05) is 11.6 Å². The quantitative estimate of drug-likeness (QED) is 0.793. The highest BCUT2D eigenvalue weighted by atomic mass is 15.3. The molecule has 0 unspecified atom stereocenters. The second-order valence-electron chi connectivity index (χ2n) is 3.50. The summed E-state index contributed by atoms with van der Waals surface area (Å²) in [6.07, 6.45) is 0.844. The Morgan fingerprint density at radius 1 is 1.50 bits per heavy atom. The SMILES string of the molecule is C=C(CCN)c1c(C)nn(CC)c1C. The van der Waals surface area contributed by atoms with Crippen LogP contribution < -0.4 is 5.73 Å². The maximum absolute atomic E-state index is 5.52. The fourth-order valence-electron chi connectivity index (χ4n) is 1.82. The molecule has 14 heavy (non-hydrogen) atoms. The summed E-state index contributed by atoms with van der Waals surface area (Å²) in [6.45, 7) is 11.8. The van der Waals surface area contributed by atoms with Gasteiger partial charge in [-0.1, -0.05) is 6.58 Å². The molecule has 0 aliphatic rings. The molecule has 1 aromatic heterocycles. The molecule has 0 radical (unpaired) electrons. The Balaban J connectivity index is 3.07. The van der Waals surface area contributed by atoms with E-state index >= 15 is 0 Å². The third-order valence-corrected chi connectivity index (χ3v) is 2.48. The van der Waals surface area contributed by atoms with E-state index in [9.17, 15) is 0 Å². The summed E-state index contributed by atoms with van der Waals surface area (Å²) < 4.78 is 2.01. The summed E-state index contributed by atoms with van der Waals surface area (Å²) in [5.74, 6) is 0. The zero-order valence-electron chi connectivity index (χ0n) is 9.30. The van der Waals surface area contributed by atoms with Gasteiger partial charge in [0.1, 0.15) is 0 Å². The van der Waals surface area contributed by atoms with E-state index in [1.165, 1.54) is 11.3 Å². The maximum atomic E-state index is 5.52. The standard InChI is InChI=1S/C11H19N3/c1-5-14-10(4)11(9(3)13-14)8(2)6-7-12/h2,5-7,12H2,1,3-4H3. The largest absolute Gasteiger partial charge is 0.330 e. The molecule has 0 aliphatic heterocycles. The molecule has 0 saturated carbocycles. The maximum Gasteiger partial charge on any atom is 0.0671 e. The molecule has 0 atom stereocenters. The highest BCUT2D eigenvalue weighted by Crippen LogP contribution is 2.23. The van der Waals surface area contributed by atoms with Gasteiger partial charge in [-0.05, 0) is 39.3 Å². The number of rotatable bonds is 4. The van der Waals surface area contributed by atoms with Crippen molar-refractivity contribution in [2.45, 2.75) is 33.7 Å². The molecule has 1 rings (SSSR count). The Labute approximate surface area is 85.6 Å². The number of hydrogen-bond donors (Lipinski definition) is 1. The van der Waals surface area contributed by atoms with Crippen molar-refractivity contribution in [3.63, 3.8) is 0 Å². The van der Waals surface area contributed by atoms with Crippen LogP contribution in [0.4, 0.5) is 0 Å². The van der Waals surface area contributed by atoms with Gasteiger partial charge >= 0.3 is 0 Å². The lowest BCUT2D eigenvalue weighted by atomic mass is 10.0. The molecule has 3 heteroatoms. The smallest absolute Gasteiger partial charge is 0.0671 e. The molecule has 0 spiro atoms. The summed E-state index contributed by atoms with van der Waals surface area (Å²) in [5, 5.41) is 4.45. The fourth-order valence-corrected chi connectivity index (χ4v) is 1.82. The van der Waals surface area contributed by atoms with Crippen molar-refractivity contribution in [1.82, 2.24) is 9.78 Å². The minimum atomic E-state index is 0.648. The van der Waals surface area contributed by atoms with E-state index in [0.717, 1.165) is 24.2 Å². The topological polar surface area (TPSA) is 43.8 Å². The van der Waals surface area contributed by atoms with Gasteiger partial charge in [-0.25, -0.2) is 0 Å². The van der Waals surface area contributed by atoms with Crippen molar-refractivity contribution in [2.75, 3.05) is 6.54 Å². The lowest BCUT2D eigenvalue weighted by molar-refractivity contribution is 0.634. The summed E-state index contributed by atoms with van der Waals surface area (Å²) in [4.78, 5) is 0. The summed E-state index contributed by atoms with van der Waals surface area (Å²) in [7, 11) is 0. The molecular formula is C11H19N3. The molecule has 0 aliphatic carbocycles. The highest BCUT2D eigenvalue weighted by molar-refractivity contribution is 5.67. The molecule has 78 valence electrons. The van der Waals surface area contributed by atoms with E-state index in [1.54, 1.807) is 0 Å². The second kappa shape index (κ2) is 4.42. The minimum Gasteiger partial charge on any atom is -0.330 e. The number of aromatic nitrogens is 2. The zero-order valence-corrected chi connectivity index (χ0v) is 9.30. The average Bonchev–Trinajstić information content (AvgIpc) is 2.41. The summed E-state index contributed by atoms with van der Waals surface area (Å²) >= 11 is 0. The molecule has 0 bridgehead atoms. The van der Waals surface area contributed by atoms with Crippen LogP contribution in [0.15, 0.2) is 6.58 Å². The van der Waals surface area contributed by atoms with Crippen LogP contribution in [0, 0.1) is 13.8 Å². The lowest BCUT2D eigenvalue weighted by Gasteiger charge is -2.05. The van der Waals surface area contributed by atoms with Crippen molar-refractivity contribution < 1.29 is 0 Å². The molecule has 1 aromatic rings. The van der Waals surface area contributed by atoms with Gasteiger partial charge in [-0.2, -0.15) is 5.10 Å². The van der Waals surface area contributed by atoms with Crippen molar-refractivity contribution in [3.8, 4) is 0 Å². The van der Waals surface area contributed by atoms with E-state index in [-0.39, 0.29) is 0 Å². The number of aryl methyl sites for hydroxylation is 2. The average molecular weight is 193 g/mol. The Hall–Kier alpha value is -1.09. The van der Waals surface area contributed by atoms with Gasteiger partial charge < -0.3 is 5.73 Å². The molecule has 0 amide bonds. The predicted octanol–water partition coefficient (Wildman–Crippen LogP) is 1.88. The first-order valence-corrected chi connectivity index (χ1v) is 5.04. The zero-order chi connectivity index (χ0) is 10.7. The van der Waals surface area contributed by atoms with Gasteiger partial charge in [0.05, 0.1) is 5.69 Å². The molecule has 0 saturated heterocycles. The molecule has 0 aromatic carbocycles. The molecule has 2 N–H and O–H groups in total. The Bertz CT molecular complexity index is 337. The molecule has 3 nitrogen and oxygen atoms in total. The van der Waals surface area contributed by atoms with E-state index in [2.05, 4.69) is 25.5 Å². The van der Waals surface area contributed by atoms with Crippen LogP contribution in [0.1, 0.15) is 30.3 Å². The predicted molar refractivity (Wildman–Crippen MR) is 60.1 cm³/mol. The first-order valence-electron chi connectivity index (χ1n) is 5.04. The monoisotopic (exact) mass is 193 g/mol. The Morgan fingerprint density at radius 2 is 2.14 bits per heavy atom. The van der Waals surface area contributed by atoms with Gasteiger partial charge in [-0.15, -0.1) is 0 Å². The minimum absolute atomic E-state index is 0.648. The summed E-state index contributed by atoms with van der Waals surface area (Å²) in [5.41, 5.74) is 10.1. The van der Waals surface area contributed by atoms with Crippen molar-refractivity contribution in [2.24, 2.45) is 5.73 Å². The van der Waals surface area contributed by atoms with Gasteiger partial charge in [0.2, 0.25) is 0 Å². The number of nitrogens with zero attached hydrogens (tertiary/aromatic N) is 2. The number of hydrogen-bond acceptors (Lipinski definition) is 2. The van der Waals surface area contributed by atoms with Crippen LogP contribution in [0.3, 0.4) is 0 Å². The van der Waals surface area contributed by atoms with Crippen LogP contribution in [-0.2, 0) is 6.54 Å². The summed E-state index contributed by atoms with van der Waals surface area (Å²) in [6, 6.07) is 0. The Kier molecular flexibility index (Phi) is 3.47. The van der Waals surface area contributed by atoms with Gasteiger partial charge in [0, 0.05) is 17.8 Å². The Morgan fingerprint density at radius 3 is 2.57 bits per heavy atom. The third-order valence-electron chi connectivity index (χ3n) is 2.48. The van der Waals surface area contributed by atoms with Crippen molar-refractivity contribution in [1.29, 1.82) is 0 Å². The van der Waals surface area contributed by atoms with Crippen LogP contribution in [0.2, 0.25) is 0 Å². The van der Waals surface area contributed by atoms with Crippen molar-refractivity contribution in [3.05, 3.63) is 23.5 Å². The first kappa shape index (κ1) is 11.0. The van der Waals surface area contributed by atoms with Crippen LogP contribution in [0.5, 0.6) is 0 Å². The van der Waals surface area contributed by atoms with Crippen LogP contribution in [0.25, 0.3) is 5.57 Å². The number of nitrogens with two attached hydrogens (primary N) is 1. The van der Waals surface area contributed by atoms with E-state index < -0.39 is 0 Å². The molecule has 1 heterocycles. The van der Waals surface area contributed by atoms with Crippen LogP contribution in [-0.4, -0.2) is 16.3 Å². The van der Waals surface area contributed by atoms with Gasteiger partial charge in [-0.3, -0.25) is 4.68 Å². The second-order valence-corrected chi connectivity index (χ2v) is 3.50.